The first-order chi connectivity index (χ1) is 8.22. The van der Waals surface area contributed by atoms with E-state index >= 15 is 0 Å². The van der Waals surface area contributed by atoms with Gasteiger partial charge in [-0.15, -0.1) is 11.8 Å². The van der Waals surface area contributed by atoms with Gasteiger partial charge in [-0.25, -0.2) is 9.07 Å². The summed E-state index contributed by atoms with van der Waals surface area (Å²) in [6.45, 7) is 2.11. The molecule has 0 spiro atoms. The number of nitrogen functional groups attached to an aromatic ring is 1. The van der Waals surface area contributed by atoms with Crippen LogP contribution in [0.15, 0.2) is 35.4 Å². The van der Waals surface area contributed by atoms with Crippen LogP contribution in [0.4, 0.5) is 10.2 Å². The van der Waals surface area contributed by atoms with Gasteiger partial charge in [0.2, 0.25) is 0 Å². The number of thioether (sulfide) groups is 1. The lowest BCUT2D eigenvalue weighted by atomic mass is 10.3. The lowest BCUT2D eigenvalue weighted by molar-refractivity contribution is 0.625. The summed E-state index contributed by atoms with van der Waals surface area (Å²) in [5.74, 6) is 1.27. The summed E-state index contributed by atoms with van der Waals surface area (Å²) in [6.07, 6.45) is 2.80. The van der Waals surface area contributed by atoms with Gasteiger partial charge in [0.15, 0.2) is 0 Å². The summed E-state index contributed by atoms with van der Waals surface area (Å²) < 4.78 is 14.7. The number of rotatable bonds is 4. The minimum Gasteiger partial charge on any atom is -0.383 e. The van der Waals surface area contributed by atoms with E-state index in [0.29, 0.717) is 11.5 Å². The van der Waals surface area contributed by atoms with E-state index in [2.05, 4.69) is 12.0 Å². The van der Waals surface area contributed by atoms with Crippen molar-refractivity contribution in [2.75, 3.05) is 11.5 Å². The average Bonchev–Trinajstić information content (AvgIpc) is 2.68. The number of nitrogens with two attached hydrogens (primary N) is 1. The first-order valence-corrected chi connectivity index (χ1v) is 6.43. The molecule has 1 heterocycles. The van der Waals surface area contributed by atoms with Gasteiger partial charge in [0.25, 0.3) is 0 Å². The lowest BCUT2D eigenvalue weighted by Gasteiger charge is -2.04. The zero-order chi connectivity index (χ0) is 12.3. The third-order valence-corrected chi connectivity index (χ3v) is 3.52. The monoisotopic (exact) mass is 251 g/mol. The second-order valence-electron chi connectivity index (χ2n) is 3.63. The molecule has 1 aromatic carbocycles. The van der Waals surface area contributed by atoms with Crippen molar-refractivity contribution in [2.45, 2.75) is 18.2 Å². The van der Waals surface area contributed by atoms with Crippen LogP contribution in [0, 0.1) is 5.82 Å². The van der Waals surface area contributed by atoms with Crippen LogP contribution in [0.3, 0.4) is 0 Å². The second-order valence-corrected chi connectivity index (χ2v) is 4.77. The number of hydrogen-bond donors (Lipinski definition) is 1. The molecule has 3 nitrogen and oxygen atoms in total. The van der Waals surface area contributed by atoms with Crippen molar-refractivity contribution in [1.82, 2.24) is 9.78 Å². The predicted octanol–water partition coefficient (Wildman–Crippen LogP) is 3.10. The van der Waals surface area contributed by atoms with Crippen LogP contribution in [-0.4, -0.2) is 15.5 Å². The molecule has 90 valence electrons. The summed E-state index contributed by atoms with van der Waals surface area (Å²) in [6, 6.07) is 6.24. The zero-order valence-electron chi connectivity index (χ0n) is 9.56. The van der Waals surface area contributed by atoms with Gasteiger partial charge in [0, 0.05) is 0 Å². The molecule has 17 heavy (non-hydrogen) atoms. The first kappa shape index (κ1) is 12.0. The lowest BCUT2D eigenvalue weighted by Crippen LogP contribution is -2.02. The molecule has 2 N–H and O–H groups in total. The van der Waals surface area contributed by atoms with E-state index in [1.807, 2.05) is 0 Å². The molecule has 0 aliphatic heterocycles. The Morgan fingerprint density at radius 3 is 3.00 bits per heavy atom. The van der Waals surface area contributed by atoms with Crippen molar-refractivity contribution in [1.29, 1.82) is 0 Å². The Labute approximate surface area is 104 Å². The van der Waals surface area contributed by atoms with Crippen molar-refractivity contribution < 1.29 is 4.39 Å². The Balaban J connectivity index is 2.30. The summed E-state index contributed by atoms with van der Waals surface area (Å²) in [5.41, 5.74) is 6.63. The Hall–Kier alpha value is -1.49. The number of aromatic nitrogens is 2. The Kier molecular flexibility index (Phi) is 3.68. The van der Waals surface area contributed by atoms with Crippen LogP contribution in [0.2, 0.25) is 0 Å². The van der Waals surface area contributed by atoms with E-state index in [4.69, 9.17) is 5.73 Å². The molecule has 2 aromatic rings. The van der Waals surface area contributed by atoms with Crippen LogP contribution in [0.25, 0.3) is 5.69 Å². The number of hydrogen-bond acceptors (Lipinski definition) is 3. The van der Waals surface area contributed by atoms with Crippen LogP contribution in [-0.2, 0) is 0 Å². The first-order valence-electron chi connectivity index (χ1n) is 5.44. The highest BCUT2D eigenvalue weighted by atomic mass is 32.2. The number of anilines is 1. The summed E-state index contributed by atoms with van der Waals surface area (Å²) >= 11 is 1.66. The maximum Gasteiger partial charge on any atom is 0.140 e. The highest BCUT2D eigenvalue weighted by Crippen LogP contribution is 2.27. The Morgan fingerprint density at radius 1 is 1.47 bits per heavy atom. The van der Waals surface area contributed by atoms with Crippen LogP contribution in [0.5, 0.6) is 0 Å². The normalized spacial score (nSPS) is 10.7. The van der Waals surface area contributed by atoms with Gasteiger partial charge in [-0.05, 0) is 30.4 Å². The van der Waals surface area contributed by atoms with Crippen molar-refractivity contribution in [3.8, 4) is 5.69 Å². The molecule has 0 fully saturated rings. The third-order valence-electron chi connectivity index (χ3n) is 2.29. The van der Waals surface area contributed by atoms with E-state index in [1.165, 1.54) is 12.1 Å². The number of benzene rings is 1. The van der Waals surface area contributed by atoms with E-state index in [9.17, 15) is 4.39 Å². The molecule has 5 heteroatoms. The largest absolute Gasteiger partial charge is 0.383 e. The molecule has 2 rings (SSSR count). The maximum atomic E-state index is 13.1. The van der Waals surface area contributed by atoms with Crippen LogP contribution >= 0.6 is 11.8 Å². The minimum absolute atomic E-state index is 0.292. The van der Waals surface area contributed by atoms with Gasteiger partial charge < -0.3 is 5.73 Å². The molecular formula is C12H14FN3S. The topological polar surface area (TPSA) is 43.8 Å². The quantitative estimate of drug-likeness (QED) is 0.849. The molecule has 0 aliphatic carbocycles. The average molecular weight is 251 g/mol. The highest BCUT2D eigenvalue weighted by molar-refractivity contribution is 7.99. The summed E-state index contributed by atoms with van der Waals surface area (Å²) in [7, 11) is 0. The van der Waals surface area contributed by atoms with E-state index in [-0.39, 0.29) is 5.82 Å². The molecule has 0 radical (unpaired) electrons. The van der Waals surface area contributed by atoms with Crippen molar-refractivity contribution in [3.63, 3.8) is 0 Å². The Bertz CT molecular complexity index is 510. The molecule has 0 saturated carbocycles. The van der Waals surface area contributed by atoms with Gasteiger partial charge in [-0.2, -0.15) is 5.10 Å². The van der Waals surface area contributed by atoms with Gasteiger partial charge >= 0.3 is 0 Å². The smallest absolute Gasteiger partial charge is 0.140 e. The molecule has 0 unspecified atom stereocenters. The molecule has 0 aliphatic rings. The Morgan fingerprint density at radius 2 is 2.29 bits per heavy atom. The molecular weight excluding hydrogens is 237 g/mol. The van der Waals surface area contributed by atoms with E-state index in [0.717, 1.165) is 17.1 Å². The van der Waals surface area contributed by atoms with Gasteiger partial charge in [-0.1, -0.05) is 13.0 Å². The van der Waals surface area contributed by atoms with Crippen molar-refractivity contribution in [2.24, 2.45) is 0 Å². The molecule has 0 saturated heterocycles. The second kappa shape index (κ2) is 5.23. The van der Waals surface area contributed by atoms with Crippen LogP contribution in [0.1, 0.15) is 13.3 Å². The maximum absolute atomic E-state index is 13.1. The number of halogens is 1. The van der Waals surface area contributed by atoms with Crippen molar-refractivity contribution >= 4 is 17.6 Å². The van der Waals surface area contributed by atoms with Gasteiger partial charge in [-0.3, -0.25) is 0 Å². The van der Waals surface area contributed by atoms with Gasteiger partial charge in [0.05, 0.1) is 16.8 Å². The standard InChI is InChI=1S/C12H14FN3S/c1-2-6-17-11-8-15-16(12(11)14)10-5-3-4-9(13)7-10/h3-5,7-8H,2,6,14H2,1H3. The molecule has 1 aromatic heterocycles. The fourth-order valence-electron chi connectivity index (χ4n) is 1.48. The van der Waals surface area contributed by atoms with Crippen LogP contribution < -0.4 is 5.73 Å². The summed E-state index contributed by atoms with van der Waals surface area (Å²) in [5, 5.41) is 4.18. The zero-order valence-corrected chi connectivity index (χ0v) is 10.4. The number of nitrogens with zero attached hydrogens (tertiary/aromatic N) is 2. The van der Waals surface area contributed by atoms with E-state index in [1.54, 1.807) is 34.8 Å². The fraction of sp³-hybridized carbons (Fsp3) is 0.250. The summed E-state index contributed by atoms with van der Waals surface area (Å²) in [4.78, 5) is 0.941. The SMILES string of the molecule is CCCSc1cnn(-c2cccc(F)c2)c1N. The fourth-order valence-corrected chi connectivity index (χ4v) is 2.26. The molecule has 0 amide bonds. The molecule has 0 bridgehead atoms. The third kappa shape index (κ3) is 2.61. The van der Waals surface area contributed by atoms with Gasteiger partial charge in [0.1, 0.15) is 11.6 Å². The van der Waals surface area contributed by atoms with Crippen molar-refractivity contribution in [3.05, 3.63) is 36.3 Å². The minimum atomic E-state index is -0.292. The van der Waals surface area contributed by atoms with E-state index < -0.39 is 0 Å². The highest BCUT2D eigenvalue weighted by Gasteiger charge is 2.09. The molecule has 0 atom stereocenters. The predicted molar refractivity (Wildman–Crippen MR) is 68.9 cm³/mol.